The Labute approximate surface area is 224 Å². The number of benzene rings is 2. The number of hydrogen-bond donors (Lipinski definition) is 4. The molecule has 2 aliphatic rings. The maximum atomic E-state index is 13.7. The van der Waals surface area contributed by atoms with Crippen molar-refractivity contribution in [3.05, 3.63) is 65.7 Å². The second kappa shape index (κ2) is 12.5. The average molecular weight is 522 g/mol. The first-order valence-corrected chi connectivity index (χ1v) is 13.5. The number of carbonyl (C=O) groups is 3. The molecule has 38 heavy (non-hydrogen) atoms. The van der Waals surface area contributed by atoms with E-state index in [1.165, 1.54) is 0 Å². The van der Waals surface area contributed by atoms with Gasteiger partial charge in [0.2, 0.25) is 11.8 Å². The maximum Gasteiger partial charge on any atom is 0.243 e. The van der Waals surface area contributed by atoms with Crippen molar-refractivity contribution < 1.29 is 24.2 Å². The minimum absolute atomic E-state index is 0.0314. The fourth-order valence-corrected chi connectivity index (χ4v) is 5.04. The first-order chi connectivity index (χ1) is 18.3. The lowest BCUT2D eigenvalue weighted by Gasteiger charge is -2.31. The van der Waals surface area contributed by atoms with Gasteiger partial charge in [-0.05, 0) is 61.8 Å². The molecule has 4 rings (SSSR count). The van der Waals surface area contributed by atoms with E-state index in [1.54, 1.807) is 7.11 Å². The minimum Gasteiger partial charge on any atom is -0.497 e. The molecule has 0 radical (unpaired) electrons. The molecule has 1 unspecified atom stereocenters. The van der Waals surface area contributed by atoms with Crippen molar-refractivity contribution in [1.29, 1.82) is 0 Å². The summed E-state index contributed by atoms with van der Waals surface area (Å²) in [6.07, 6.45) is 4.55. The number of aliphatic hydroxyl groups excluding tert-OH is 1. The number of nitrogens with one attached hydrogen (secondary N) is 3. The number of amides is 2. The monoisotopic (exact) mass is 521 g/mol. The summed E-state index contributed by atoms with van der Waals surface area (Å²) < 4.78 is 5.24. The van der Waals surface area contributed by atoms with Gasteiger partial charge in [0.25, 0.3) is 0 Å². The van der Waals surface area contributed by atoms with Gasteiger partial charge in [0.15, 0.2) is 5.78 Å². The zero-order valence-corrected chi connectivity index (χ0v) is 22.2. The molecule has 0 spiro atoms. The Bertz CT molecular complexity index is 1100. The maximum absolute atomic E-state index is 13.7. The standard InChI is InChI=1S/C30H39N3O5/c1-30(15-16-30)27(35)25(17-20-7-4-3-5-8-20)32-29(37)26(18-21-11-13-23(38-2)14-12-21)33-28(36)24-10-6-9-22(19-34)31-24/h3-5,7-8,11-14,22,24-26,31,34H,6,9-10,15-19H2,1-2H3,(H,32,37)(H,33,36)/t22?,24-,25-,26-/m0/s1. The zero-order chi connectivity index (χ0) is 27.1. The van der Waals surface area contributed by atoms with E-state index >= 15 is 0 Å². The van der Waals surface area contributed by atoms with Crippen LogP contribution in [0.5, 0.6) is 5.75 Å². The van der Waals surface area contributed by atoms with Crippen molar-refractivity contribution >= 4 is 17.6 Å². The van der Waals surface area contributed by atoms with E-state index in [9.17, 15) is 19.5 Å². The molecule has 1 aliphatic carbocycles. The van der Waals surface area contributed by atoms with Gasteiger partial charge in [0.1, 0.15) is 11.8 Å². The molecular weight excluding hydrogens is 482 g/mol. The van der Waals surface area contributed by atoms with Gasteiger partial charge in [-0.15, -0.1) is 0 Å². The third-order valence-electron chi connectivity index (χ3n) is 7.76. The molecule has 204 valence electrons. The summed E-state index contributed by atoms with van der Waals surface area (Å²) >= 11 is 0. The predicted octanol–water partition coefficient (Wildman–Crippen LogP) is 2.32. The number of methoxy groups -OCH3 is 1. The Morgan fingerprint density at radius 2 is 1.63 bits per heavy atom. The van der Waals surface area contributed by atoms with E-state index in [0.717, 1.165) is 36.8 Å². The highest BCUT2D eigenvalue weighted by molar-refractivity contribution is 5.97. The van der Waals surface area contributed by atoms with E-state index in [2.05, 4.69) is 16.0 Å². The van der Waals surface area contributed by atoms with Crippen LogP contribution in [-0.2, 0) is 27.2 Å². The second-order valence-corrected chi connectivity index (χ2v) is 10.8. The van der Waals surface area contributed by atoms with Crippen LogP contribution in [0.1, 0.15) is 50.2 Å². The van der Waals surface area contributed by atoms with E-state index < -0.39 is 23.5 Å². The number of piperidine rings is 1. The van der Waals surface area contributed by atoms with Crippen molar-refractivity contribution in [3.63, 3.8) is 0 Å². The van der Waals surface area contributed by atoms with Gasteiger partial charge in [0.05, 0.1) is 25.8 Å². The van der Waals surface area contributed by atoms with Crippen LogP contribution in [0.2, 0.25) is 0 Å². The normalized spacial score (nSPS) is 21.6. The van der Waals surface area contributed by atoms with Gasteiger partial charge < -0.3 is 25.8 Å². The molecule has 1 heterocycles. The number of aliphatic hydroxyl groups is 1. The first-order valence-electron chi connectivity index (χ1n) is 13.5. The van der Waals surface area contributed by atoms with Crippen molar-refractivity contribution in [2.75, 3.05) is 13.7 Å². The topological polar surface area (TPSA) is 117 Å². The summed E-state index contributed by atoms with van der Waals surface area (Å²) in [5.41, 5.74) is 1.41. The van der Waals surface area contributed by atoms with Crippen LogP contribution in [0, 0.1) is 5.41 Å². The number of ether oxygens (including phenoxy) is 1. The summed E-state index contributed by atoms with van der Waals surface area (Å²) in [7, 11) is 1.59. The number of hydrogen-bond acceptors (Lipinski definition) is 6. The fraction of sp³-hybridized carbons (Fsp3) is 0.500. The minimum atomic E-state index is -0.870. The molecule has 1 saturated carbocycles. The Hall–Kier alpha value is -3.23. The van der Waals surface area contributed by atoms with Crippen LogP contribution in [0.3, 0.4) is 0 Å². The van der Waals surface area contributed by atoms with Gasteiger partial charge >= 0.3 is 0 Å². The van der Waals surface area contributed by atoms with E-state index in [-0.39, 0.29) is 36.7 Å². The van der Waals surface area contributed by atoms with E-state index in [4.69, 9.17) is 4.74 Å². The van der Waals surface area contributed by atoms with Crippen LogP contribution in [0.4, 0.5) is 0 Å². The van der Waals surface area contributed by atoms with Crippen LogP contribution < -0.4 is 20.7 Å². The molecule has 2 aromatic rings. The van der Waals surface area contributed by atoms with Crippen LogP contribution in [0.15, 0.2) is 54.6 Å². The average Bonchev–Trinajstić information content (AvgIpc) is 3.71. The lowest BCUT2D eigenvalue weighted by Crippen LogP contribution is -2.58. The number of Topliss-reactive ketones (excluding diaryl/α,β-unsaturated/α-hetero) is 1. The third-order valence-corrected chi connectivity index (χ3v) is 7.76. The Morgan fingerprint density at radius 3 is 2.26 bits per heavy atom. The molecule has 4 N–H and O–H groups in total. The number of ketones is 1. The molecule has 2 fully saturated rings. The Kier molecular flexibility index (Phi) is 9.17. The van der Waals surface area contributed by atoms with E-state index in [0.29, 0.717) is 18.6 Å². The molecule has 0 bridgehead atoms. The summed E-state index contributed by atoms with van der Waals surface area (Å²) in [6.45, 7) is 1.91. The molecule has 8 nitrogen and oxygen atoms in total. The molecule has 2 amide bonds. The SMILES string of the molecule is COc1ccc(C[C@H](NC(=O)[C@@H]2CCCC(CO)N2)C(=O)N[C@@H](Cc2ccccc2)C(=O)C2(C)CC2)cc1. The fourth-order valence-electron chi connectivity index (χ4n) is 5.04. The lowest BCUT2D eigenvalue weighted by atomic mass is 9.92. The van der Waals surface area contributed by atoms with Crippen molar-refractivity contribution in [2.45, 2.75) is 76.0 Å². The highest BCUT2D eigenvalue weighted by atomic mass is 16.5. The lowest BCUT2D eigenvalue weighted by molar-refractivity contribution is -0.133. The second-order valence-electron chi connectivity index (χ2n) is 10.8. The molecule has 8 heteroatoms. The molecule has 2 aromatic carbocycles. The summed E-state index contributed by atoms with van der Waals surface area (Å²) in [4.78, 5) is 40.3. The van der Waals surface area contributed by atoms with Crippen LogP contribution in [0.25, 0.3) is 0 Å². The molecule has 4 atom stereocenters. The first kappa shape index (κ1) is 27.8. The number of carbonyl (C=O) groups excluding carboxylic acids is 3. The van der Waals surface area contributed by atoms with Gasteiger partial charge in [-0.1, -0.05) is 49.4 Å². The highest BCUT2D eigenvalue weighted by Gasteiger charge is 2.48. The third kappa shape index (κ3) is 7.20. The quantitative estimate of drug-likeness (QED) is 0.341. The highest BCUT2D eigenvalue weighted by Crippen LogP contribution is 2.46. The van der Waals surface area contributed by atoms with Gasteiger partial charge in [-0.25, -0.2) is 0 Å². The molecular formula is C30H39N3O5. The number of rotatable bonds is 12. The summed E-state index contributed by atoms with van der Waals surface area (Å²) in [5.74, 6) is 0.0644. The van der Waals surface area contributed by atoms with Gasteiger partial charge in [0, 0.05) is 17.9 Å². The zero-order valence-electron chi connectivity index (χ0n) is 22.2. The van der Waals surface area contributed by atoms with E-state index in [1.807, 2.05) is 61.5 Å². The van der Waals surface area contributed by atoms with Crippen LogP contribution >= 0.6 is 0 Å². The molecule has 1 aliphatic heterocycles. The van der Waals surface area contributed by atoms with Crippen molar-refractivity contribution in [3.8, 4) is 5.75 Å². The van der Waals surface area contributed by atoms with Crippen molar-refractivity contribution in [1.82, 2.24) is 16.0 Å². The predicted molar refractivity (Wildman–Crippen MR) is 145 cm³/mol. The van der Waals surface area contributed by atoms with Crippen molar-refractivity contribution in [2.24, 2.45) is 5.41 Å². The Balaban J connectivity index is 1.52. The molecule has 1 saturated heterocycles. The summed E-state index contributed by atoms with van der Waals surface area (Å²) in [6, 6.07) is 14.8. The van der Waals surface area contributed by atoms with Crippen LogP contribution in [-0.4, -0.2) is 60.6 Å². The van der Waals surface area contributed by atoms with Gasteiger partial charge in [-0.3, -0.25) is 14.4 Å². The largest absolute Gasteiger partial charge is 0.497 e. The Morgan fingerprint density at radius 1 is 0.974 bits per heavy atom. The smallest absolute Gasteiger partial charge is 0.243 e. The summed E-state index contributed by atoms with van der Waals surface area (Å²) in [5, 5.41) is 18.7. The molecule has 0 aromatic heterocycles. The van der Waals surface area contributed by atoms with Gasteiger partial charge in [-0.2, -0.15) is 0 Å².